The molecule has 5 nitrogen and oxygen atoms in total. The van der Waals surface area contributed by atoms with Crippen LogP contribution in [-0.4, -0.2) is 31.8 Å². The van der Waals surface area contributed by atoms with E-state index >= 15 is 0 Å². The molecule has 0 aromatic heterocycles. The quantitative estimate of drug-likeness (QED) is 0.899. The third-order valence-electron chi connectivity index (χ3n) is 4.33. The molecular formula is C17H24N2O3. The maximum Gasteiger partial charge on any atom is 0.314 e. The van der Waals surface area contributed by atoms with Crippen LogP contribution in [0.5, 0.6) is 11.5 Å². The van der Waals surface area contributed by atoms with E-state index in [9.17, 15) is 4.79 Å². The Morgan fingerprint density at radius 1 is 1.05 bits per heavy atom. The molecule has 0 bridgehead atoms. The van der Waals surface area contributed by atoms with Gasteiger partial charge in [0.15, 0.2) is 17.6 Å². The first-order chi connectivity index (χ1) is 10.8. The van der Waals surface area contributed by atoms with Crippen LogP contribution in [0, 0.1) is 5.92 Å². The molecule has 1 saturated carbocycles. The Morgan fingerprint density at radius 3 is 2.59 bits per heavy atom. The molecule has 1 aromatic rings. The van der Waals surface area contributed by atoms with Crippen LogP contribution in [0.15, 0.2) is 24.3 Å². The highest BCUT2D eigenvalue weighted by atomic mass is 16.6. The standard InChI is InChI=1S/C17H24N2O3/c20-17(18-10-13-6-2-1-3-7-13)19-11-14-12-21-15-8-4-5-9-16(15)22-14/h4-5,8-9,13-14H,1-3,6-7,10-12H2,(H2,18,19,20). The summed E-state index contributed by atoms with van der Waals surface area (Å²) in [5, 5.41) is 5.83. The predicted octanol–water partition coefficient (Wildman–Crippen LogP) is 2.71. The Kier molecular flexibility index (Phi) is 5.03. The third-order valence-corrected chi connectivity index (χ3v) is 4.33. The molecule has 0 saturated heterocycles. The monoisotopic (exact) mass is 304 g/mol. The van der Waals surface area contributed by atoms with Crippen LogP contribution in [0.3, 0.4) is 0 Å². The summed E-state index contributed by atoms with van der Waals surface area (Å²) in [4.78, 5) is 11.9. The van der Waals surface area contributed by atoms with Crippen LogP contribution in [0.4, 0.5) is 4.79 Å². The predicted molar refractivity (Wildman–Crippen MR) is 84.3 cm³/mol. The van der Waals surface area contributed by atoms with Gasteiger partial charge in [-0.1, -0.05) is 31.4 Å². The summed E-state index contributed by atoms with van der Waals surface area (Å²) in [7, 11) is 0. The number of amides is 2. The van der Waals surface area contributed by atoms with Gasteiger partial charge in [0.25, 0.3) is 0 Å². The number of urea groups is 1. The van der Waals surface area contributed by atoms with Crippen molar-refractivity contribution in [3.63, 3.8) is 0 Å². The number of fused-ring (bicyclic) bond motifs is 1. The molecule has 0 spiro atoms. The first-order valence-electron chi connectivity index (χ1n) is 8.21. The molecule has 2 amide bonds. The number of carbonyl (C=O) groups is 1. The van der Waals surface area contributed by atoms with E-state index in [0.717, 1.165) is 18.0 Å². The highest BCUT2D eigenvalue weighted by molar-refractivity contribution is 5.73. The Morgan fingerprint density at radius 2 is 1.77 bits per heavy atom. The first kappa shape index (κ1) is 15.0. The molecule has 0 radical (unpaired) electrons. The molecule has 22 heavy (non-hydrogen) atoms. The Hall–Kier alpha value is -1.91. The van der Waals surface area contributed by atoms with Crippen molar-refractivity contribution in [2.45, 2.75) is 38.2 Å². The maximum atomic E-state index is 11.9. The molecule has 1 fully saturated rings. The largest absolute Gasteiger partial charge is 0.486 e. The maximum absolute atomic E-state index is 11.9. The minimum atomic E-state index is -0.143. The minimum Gasteiger partial charge on any atom is -0.486 e. The molecule has 1 heterocycles. The van der Waals surface area contributed by atoms with E-state index in [2.05, 4.69) is 10.6 Å². The number of para-hydroxylation sites is 2. The lowest BCUT2D eigenvalue weighted by Crippen LogP contribution is -2.45. The highest BCUT2D eigenvalue weighted by Gasteiger charge is 2.21. The van der Waals surface area contributed by atoms with Gasteiger partial charge in [-0.15, -0.1) is 0 Å². The van der Waals surface area contributed by atoms with Gasteiger partial charge in [-0.2, -0.15) is 0 Å². The first-order valence-corrected chi connectivity index (χ1v) is 8.21. The fourth-order valence-electron chi connectivity index (χ4n) is 3.06. The lowest BCUT2D eigenvalue weighted by molar-refractivity contribution is 0.0917. The normalized spacial score (nSPS) is 21.2. The highest BCUT2D eigenvalue weighted by Crippen LogP contribution is 2.30. The van der Waals surface area contributed by atoms with Gasteiger partial charge in [-0.05, 0) is 30.9 Å². The summed E-state index contributed by atoms with van der Waals surface area (Å²) in [6, 6.07) is 7.47. The average molecular weight is 304 g/mol. The van der Waals surface area contributed by atoms with E-state index in [1.807, 2.05) is 24.3 Å². The van der Waals surface area contributed by atoms with Crippen LogP contribution >= 0.6 is 0 Å². The summed E-state index contributed by atoms with van der Waals surface area (Å²) in [5.41, 5.74) is 0. The molecule has 2 aliphatic rings. The van der Waals surface area contributed by atoms with Crippen molar-refractivity contribution in [3.05, 3.63) is 24.3 Å². The molecular weight excluding hydrogens is 280 g/mol. The Bertz CT molecular complexity index is 500. The summed E-state index contributed by atoms with van der Waals surface area (Å²) in [5.74, 6) is 2.14. The van der Waals surface area contributed by atoms with E-state index in [4.69, 9.17) is 9.47 Å². The molecule has 1 aromatic carbocycles. The fourth-order valence-corrected chi connectivity index (χ4v) is 3.06. The van der Waals surface area contributed by atoms with E-state index < -0.39 is 0 Å². The molecule has 5 heteroatoms. The average Bonchev–Trinajstić information content (AvgIpc) is 2.59. The van der Waals surface area contributed by atoms with Crippen LogP contribution in [0.1, 0.15) is 32.1 Å². The van der Waals surface area contributed by atoms with E-state index in [-0.39, 0.29) is 12.1 Å². The van der Waals surface area contributed by atoms with Gasteiger partial charge in [0.1, 0.15) is 6.61 Å². The smallest absolute Gasteiger partial charge is 0.314 e. The number of hydrogen-bond donors (Lipinski definition) is 2. The van der Waals surface area contributed by atoms with Gasteiger partial charge in [0.05, 0.1) is 6.54 Å². The van der Waals surface area contributed by atoms with Crippen molar-refractivity contribution < 1.29 is 14.3 Å². The number of nitrogens with one attached hydrogen (secondary N) is 2. The van der Waals surface area contributed by atoms with Crippen LogP contribution < -0.4 is 20.1 Å². The van der Waals surface area contributed by atoms with Crippen molar-refractivity contribution in [2.24, 2.45) is 5.92 Å². The van der Waals surface area contributed by atoms with Crippen molar-refractivity contribution in [1.29, 1.82) is 0 Å². The second-order valence-corrected chi connectivity index (χ2v) is 6.09. The third kappa shape index (κ3) is 4.06. The van der Waals surface area contributed by atoms with E-state index in [1.54, 1.807) is 0 Å². The fraction of sp³-hybridized carbons (Fsp3) is 0.588. The molecule has 1 aliphatic carbocycles. The number of ether oxygens (including phenoxy) is 2. The van der Waals surface area contributed by atoms with Gasteiger partial charge >= 0.3 is 6.03 Å². The van der Waals surface area contributed by atoms with Gasteiger partial charge in [0, 0.05) is 6.54 Å². The van der Waals surface area contributed by atoms with E-state index in [0.29, 0.717) is 19.1 Å². The van der Waals surface area contributed by atoms with Crippen molar-refractivity contribution in [1.82, 2.24) is 10.6 Å². The number of benzene rings is 1. The second kappa shape index (κ2) is 7.38. The zero-order valence-corrected chi connectivity index (χ0v) is 12.8. The molecule has 1 aliphatic heterocycles. The number of rotatable bonds is 4. The van der Waals surface area contributed by atoms with E-state index in [1.165, 1.54) is 32.1 Å². The number of carbonyl (C=O) groups excluding carboxylic acids is 1. The summed E-state index contributed by atoms with van der Waals surface area (Å²) in [6.07, 6.45) is 6.24. The minimum absolute atomic E-state index is 0.118. The lowest BCUT2D eigenvalue weighted by atomic mass is 9.89. The Balaban J connectivity index is 1.37. The molecule has 1 atom stereocenters. The molecule has 120 valence electrons. The zero-order valence-electron chi connectivity index (χ0n) is 12.8. The van der Waals surface area contributed by atoms with Crippen LogP contribution in [-0.2, 0) is 0 Å². The van der Waals surface area contributed by atoms with Gasteiger partial charge < -0.3 is 20.1 Å². The summed E-state index contributed by atoms with van der Waals surface area (Å²) < 4.78 is 11.4. The van der Waals surface area contributed by atoms with Gasteiger partial charge in [-0.3, -0.25) is 0 Å². The topological polar surface area (TPSA) is 59.6 Å². The number of hydrogen-bond acceptors (Lipinski definition) is 3. The summed E-state index contributed by atoms with van der Waals surface area (Å²) in [6.45, 7) is 1.68. The SMILES string of the molecule is O=C(NCC1CCCCC1)NCC1COc2ccccc2O1. The molecule has 1 unspecified atom stereocenters. The Labute approximate surface area is 131 Å². The van der Waals surface area contributed by atoms with Crippen LogP contribution in [0.25, 0.3) is 0 Å². The lowest BCUT2D eigenvalue weighted by Gasteiger charge is -2.27. The van der Waals surface area contributed by atoms with Crippen molar-refractivity contribution in [3.8, 4) is 11.5 Å². The van der Waals surface area contributed by atoms with Crippen LogP contribution in [0.2, 0.25) is 0 Å². The van der Waals surface area contributed by atoms with Crippen molar-refractivity contribution >= 4 is 6.03 Å². The molecule has 3 rings (SSSR count). The second-order valence-electron chi connectivity index (χ2n) is 6.09. The van der Waals surface area contributed by atoms with Gasteiger partial charge in [0.2, 0.25) is 0 Å². The van der Waals surface area contributed by atoms with Crippen molar-refractivity contribution in [2.75, 3.05) is 19.7 Å². The molecule has 2 N–H and O–H groups in total. The summed E-state index contributed by atoms with van der Waals surface area (Å²) >= 11 is 0. The zero-order chi connectivity index (χ0) is 15.2. The van der Waals surface area contributed by atoms with Gasteiger partial charge in [-0.25, -0.2) is 4.79 Å².